The molecule has 0 unspecified atom stereocenters. The summed E-state index contributed by atoms with van der Waals surface area (Å²) in [5.74, 6) is 0.589. The maximum absolute atomic E-state index is 8.57. The van der Waals surface area contributed by atoms with Crippen molar-refractivity contribution in [2.75, 3.05) is 5.32 Å². The van der Waals surface area contributed by atoms with Gasteiger partial charge in [0.1, 0.15) is 11.9 Å². The van der Waals surface area contributed by atoms with Crippen molar-refractivity contribution in [1.82, 2.24) is 15.0 Å². The van der Waals surface area contributed by atoms with E-state index in [2.05, 4.69) is 20.3 Å². The summed E-state index contributed by atoms with van der Waals surface area (Å²) in [6.45, 7) is 1.96. The molecule has 0 aliphatic rings. The maximum Gasteiger partial charge on any atom is 0.158 e. The number of nitrogens with one attached hydrogen (secondary N) is 1. The van der Waals surface area contributed by atoms with Crippen LogP contribution in [0, 0.1) is 18.3 Å². The first kappa shape index (κ1) is 10.1. The van der Waals surface area contributed by atoms with Gasteiger partial charge in [0.05, 0.1) is 24.3 Å². The number of anilines is 2. The summed E-state index contributed by atoms with van der Waals surface area (Å²) in [4.78, 5) is 12.0. The standard InChI is InChI=1S/C11H9N5/c1-8-2-9(5-13-4-8)16-11-7-14-10(3-12)6-15-11/h2,4-7H,1H3,(H,15,16). The minimum atomic E-state index is 0.299. The molecule has 1 N–H and O–H groups in total. The molecule has 5 nitrogen and oxygen atoms in total. The zero-order chi connectivity index (χ0) is 11.4. The van der Waals surface area contributed by atoms with Crippen molar-refractivity contribution in [3.63, 3.8) is 0 Å². The van der Waals surface area contributed by atoms with E-state index < -0.39 is 0 Å². The van der Waals surface area contributed by atoms with E-state index in [4.69, 9.17) is 5.26 Å². The van der Waals surface area contributed by atoms with Crippen LogP contribution in [0.25, 0.3) is 0 Å². The molecule has 0 aromatic carbocycles. The minimum absolute atomic E-state index is 0.299. The quantitative estimate of drug-likeness (QED) is 0.819. The lowest BCUT2D eigenvalue weighted by Crippen LogP contribution is -1.96. The number of hydrogen-bond donors (Lipinski definition) is 1. The van der Waals surface area contributed by atoms with Crippen LogP contribution in [0.15, 0.2) is 30.9 Å². The summed E-state index contributed by atoms with van der Waals surface area (Å²) in [7, 11) is 0. The average molecular weight is 211 g/mol. The highest BCUT2D eigenvalue weighted by Gasteiger charge is 1.98. The summed E-state index contributed by atoms with van der Waals surface area (Å²) >= 11 is 0. The van der Waals surface area contributed by atoms with E-state index in [1.165, 1.54) is 12.4 Å². The van der Waals surface area contributed by atoms with Crippen molar-refractivity contribution in [2.45, 2.75) is 6.92 Å². The number of rotatable bonds is 2. The molecule has 0 fully saturated rings. The first-order chi connectivity index (χ1) is 7.78. The summed E-state index contributed by atoms with van der Waals surface area (Å²) < 4.78 is 0. The molecule has 0 atom stereocenters. The molecule has 78 valence electrons. The van der Waals surface area contributed by atoms with Gasteiger partial charge in [-0.15, -0.1) is 0 Å². The number of aromatic nitrogens is 3. The van der Waals surface area contributed by atoms with Crippen LogP contribution in [0.2, 0.25) is 0 Å². The lowest BCUT2D eigenvalue weighted by Gasteiger charge is -2.04. The first-order valence-electron chi connectivity index (χ1n) is 4.69. The Morgan fingerprint density at radius 2 is 2.06 bits per heavy atom. The van der Waals surface area contributed by atoms with Crippen LogP contribution >= 0.6 is 0 Å². The third kappa shape index (κ3) is 2.30. The van der Waals surface area contributed by atoms with Gasteiger partial charge in [-0.2, -0.15) is 5.26 Å². The zero-order valence-electron chi connectivity index (χ0n) is 8.68. The van der Waals surface area contributed by atoms with Gasteiger partial charge >= 0.3 is 0 Å². The van der Waals surface area contributed by atoms with Crippen molar-refractivity contribution in [3.05, 3.63) is 42.1 Å². The number of aryl methyl sites for hydroxylation is 1. The van der Waals surface area contributed by atoms with E-state index in [0.29, 0.717) is 11.5 Å². The molecule has 0 spiro atoms. The predicted molar refractivity (Wildman–Crippen MR) is 59.0 cm³/mol. The predicted octanol–water partition coefficient (Wildman–Crippen LogP) is 1.80. The summed E-state index contributed by atoms with van der Waals surface area (Å²) in [5, 5.41) is 11.6. The van der Waals surface area contributed by atoms with Crippen LogP contribution in [0.4, 0.5) is 11.5 Å². The average Bonchev–Trinajstić information content (AvgIpc) is 2.30. The SMILES string of the molecule is Cc1cncc(Nc2cnc(C#N)cn2)c1. The van der Waals surface area contributed by atoms with Gasteiger partial charge in [-0.05, 0) is 18.6 Å². The van der Waals surface area contributed by atoms with Gasteiger partial charge < -0.3 is 5.32 Å². The molecule has 0 saturated carbocycles. The molecule has 0 saturated heterocycles. The molecular formula is C11H9N5. The normalized spacial score (nSPS) is 9.50. The maximum atomic E-state index is 8.57. The monoisotopic (exact) mass is 211 g/mol. The minimum Gasteiger partial charge on any atom is -0.338 e. The van der Waals surface area contributed by atoms with E-state index in [1.807, 2.05) is 19.1 Å². The molecule has 2 aromatic heterocycles. The fraction of sp³-hybridized carbons (Fsp3) is 0.0909. The Morgan fingerprint density at radius 3 is 2.69 bits per heavy atom. The highest BCUT2D eigenvalue weighted by molar-refractivity contribution is 5.54. The van der Waals surface area contributed by atoms with Gasteiger partial charge in [-0.25, -0.2) is 9.97 Å². The zero-order valence-corrected chi connectivity index (χ0v) is 8.68. The van der Waals surface area contributed by atoms with E-state index in [9.17, 15) is 0 Å². The number of nitrogens with zero attached hydrogens (tertiary/aromatic N) is 4. The summed E-state index contributed by atoms with van der Waals surface area (Å²) in [5.41, 5.74) is 2.21. The van der Waals surface area contributed by atoms with Crippen LogP contribution in [0.1, 0.15) is 11.3 Å². The van der Waals surface area contributed by atoms with Crippen molar-refractivity contribution >= 4 is 11.5 Å². The van der Waals surface area contributed by atoms with Gasteiger partial charge in [-0.3, -0.25) is 4.98 Å². The Labute approximate surface area is 92.8 Å². The summed E-state index contributed by atoms with van der Waals surface area (Å²) in [6, 6.07) is 3.86. The van der Waals surface area contributed by atoms with Crippen molar-refractivity contribution < 1.29 is 0 Å². The van der Waals surface area contributed by atoms with E-state index >= 15 is 0 Å². The van der Waals surface area contributed by atoms with Crippen LogP contribution in [0.5, 0.6) is 0 Å². The van der Waals surface area contributed by atoms with Crippen LogP contribution in [0.3, 0.4) is 0 Å². The molecule has 2 aromatic rings. The highest BCUT2D eigenvalue weighted by Crippen LogP contribution is 2.13. The lowest BCUT2D eigenvalue weighted by molar-refractivity contribution is 1.16. The second-order valence-electron chi connectivity index (χ2n) is 3.27. The Balaban J connectivity index is 2.18. The Bertz CT molecular complexity index is 527. The smallest absolute Gasteiger partial charge is 0.158 e. The third-order valence-corrected chi connectivity index (χ3v) is 1.91. The fourth-order valence-corrected chi connectivity index (χ4v) is 1.22. The Kier molecular flexibility index (Phi) is 2.74. The van der Waals surface area contributed by atoms with Crippen molar-refractivity contribution in [1.29, 1.82) is 5.26 Å². The number of nitriles is 1. The van der Waals surface area contributed by atoms with E-state index in [0.717, 1.165) is 11.3 Å². The van der Waals surface area contributed by atoms with Gasteiger partial charge in [0.2, 0.25) is 0 Å². The number of hydrogen-bond acceptors (Lipinski definition) is 5. The fourth-order valence-electron chi connectivity index (χ4n) is 1.22. The van der Waals surface area contributed by atoms with Gasteiger partial charge in [0.25, 0.3) is 0 Å². The van der Waals surface area contributed by atoms with E-state index in [1.54, 1.807) is 12.4 Å². The highest BCUT2D eigenvalue weighted by atomic mass is 15.0. The van der Waals surface area contributed by atoms with Crippen LogP contribution < -0.4 is 5.32 Å². The molecular weight excluding hydrogens is 202 g/mol. The molecule has 5 heteroatoms. The Hall–Kier alpha value is -2.48. The number of pyridine rings is 1. The van der Waals surface area contributed by atoms with Gasteiger partial charge in [0, 0.05) is 6.20 Å². The molecule has 0 bridgehead atoms. The largest absolute Gasteiger partial charge is 0.338 e. The van der Waals surface area contributed by atoms with Crippen LogP contribution in [-0.2, 0) is 0 Å². The van der Waals surface area contributed by atoms with Gasteiger partial charge in [-0.1, -0.05) is 0 Å². The summed E-state index contributed by atoms with van der Waals surface area (Å²) in [6.07, 6.45) is 6.41. The molecule has 16 heavy (non-hydrogen) atoms. The van der Waals surface area contributed by atoms with E-state index in [-0.39, 0.29) is 0 Å². The van der Waals surface area contributed by atoms with Crippen LogP contribution in [-0.4, -0.2) is 15.0 Å². The molecule has 0 aliphatic heterocycles. The Morgan fingerprint density at radius 1 is 1.19 bits per heavy atom. The third-order valence-electron chi connectivity index (χ3n) is 1.91. The molecule has 0 radical (unpaired) electrons. The topological polar surface area (TPSA) is 74.5 Å². The van der Waals surface area contributed by atoms with Gasteiger partial charge in [0.15, 0.2) is 5.69 Å². The molecule has 0 aliphatic carbocycles. The molecule has 2 heterocycles. The second kappa shape index (κ2) is 4.36. The first-order valence-corrected chi connectivity index (χ1v) is 4.69. The lowest BCUT2D eigenvalue weighted by atomic mass is 10.3. The second-order valence-corrected chi connectivity index (χ2v) is 3.27. The van der Waals surface area contributed by atoms with Crippen molar-refractivity contribution in [3.8, 4) is 6.07 Å². The van der Waals surface area contributed by atoms with Crippen molar-refractivity contribution in [2.24, 2.45) is 0 Å². The molecule has 2 rings (SSSR count). The molecule has 0 amide bonds.